The lowest BCUT2D eigenvalue weighted by Gasteiger charge is -2.35. The molecule has 0 radical (unpaired) electrons. The van der Waals surface area contributed by atoms with Crippen LogP contribution in [0.5, 0.6) is 0 Å². The lowest BCUT2D eigenvalue weighted by atomic mass is 9.88. The second kappa shape index (κ2) is 9.90. The van der Waals surface area contributed by atoms with Crippen LogP contribution in [-0.2, 0) is 16.0 Å². The fourth-order valence-corrected chi connectivity index (χ4v) is 7.05. The number of likely N-dealkylation sites (N-methyl/N-ethyl adjacent to an activating group) is 1. The molecule has 7 nitrogen and oxygen atoms in total. The number of piperidine rings is 1. The number of benzene rings is 1. The van der Waals surface area contributed by atoms with Gasteiger partial charge in [0.05, 0.1) is 18.0 Å². The minimum Gasteiger partial charge on any atom is -0.444 e. The SMILES string of the molecule is CN1CCC2CN(c3ccc(C[C@@H](C#N)CC(=O)[C@@H]4[C@H]5CC[C@H](C5)N4C(=O)OC(C)(C)C)c(F)c3)CC21. The summed E-state index contributed by atoms with van der Waals surface area (Å²) in [6, 6.07) is 7.50. The number of nitriles is 1. The summed E-state index contributed by atoms with van der Waals surface area (Å²) in [7, 11) is 2.16. The van der Waals surface area contributed by atoms with Gasteiger partial charge in [0, 0.05) is 37.3 Å². The molecule has 2 bridgehead atoms. The molecule has 0 aromatic heterocycles. The van der Waals surface area contributed by atoms with Crippen LogP contribution in [-0.4, -0.2) is 72.1 Å². The highest BCUT2D eigenvalue weighted by atomic mass is 19.1. The molecule has 1 aromatic rings. The normalized spacial score (nSPS) is 29.9. The first-order valence-corrected chi connectivity index (χ1v) is 13.7. The highest BCUT2D eigenvalue weighted by molar-refractivity contribution is 5.89. The number of hydrogen-bond acceptors (Lipinski definition) is 6. The first-order valence-electron chi connectivity index (χ1n) is 13.7. The molecule has 2 unspecified atom stereocenters. The zero-order valence-corrected chi connectivity index (χ0v) is 22.5. The molecule has 4 fully saturated rings. The van der Waals surface area contributed by atoms with Crippen LogP contribution in [0.2, 0.25) is 0 Å². The number of hydrogen-bond donors (Lipinski definition) is 0. The molecule has 3 saturated heterocycles. The van der Waals surface area contributed by atoms with Gasteiger partial charge in [-0.05, 0) is 96.0 Å². The third kappa shape index (κ3) is 5.20. The molecule has 200 valence electrons. The first kappa shape index (κ1) is 26.0. The number of Topliss-reactive ketones (excluding diaryl/α,β-unsaturated/α-hetero) is 1. The number of anilines is 1. The van der Waals surface area contributed by atoms with Crippen molar-refractivity contribution in [3.8, 4) is 6.07 Å². The maximum Gasteiger partial charge on any atom is 0.411 e. The summed E-state index contributed by atoms with van der Waals surface area (Å²) in [5.74, 6) is -0.347. The highest BCUT2D eigenvalue weighted by Gasteiger charge is 2.52. The van der Waals surface area contributed by atoms with E-state index < -0.39 is 23.7 Å². The fourth-order valence-electron chi connectivity index (χ4n) is 7.05. The number of carbonyl (C=O) groups excluding carboxylic acids is 2. The number of nitrogens with zero attached hydrogens (tertiary/aromatic N) is 4. The van der Waals surface area contributed by atoms with Crippen molar-refractivity contribution in [2.45, 2.75) is 83.0 Å². The molecule has 5 rings (SSSR count). The maximum atomic E-state index is 15.2. The van der Waals surface area contributed by atoms with Crippen LogP contribution < -0.4 is 4.90 Å². The molecule has 3 heterocycles. The lowest BCUT2D eigenvalue weighted by molar-refractivity contribution is -0.126. The molecule has 4 aliphatic rings. The second-order valence-electron chi connectivity index (χ2n) is 12.5. The number of halogens is 1. The van der Waals surface area contributed by atoms with Crippen LogP contribution in [0, 0.1) is 34.9 Å². The summed E-state index contributed by atoms with van der Waals surface area (Å²) in [6.45, 7) is 8.43. The summed E-state index contributed by atoms with van der Waals surface area (Å²) in [6.07, 6.45) is 3.50. The van der Waals surface area contributed by atoms with Crippen molar-refractivity contribution >= 4 is 17.6 Å². The zero-order chi connectivity index (χ0) is 26.5. The fraction of sp³-hybridized carbons (Fsp3) is 0.690. The Morgan fingerprint density at radius 1 is 1.19 bits per heavy atom. The molecule has 37 heavy (non-hydrogen) atoms. The lowest BCUT2D eigenvalue weighted by Crippen LogP contribution is -2.51. The van der Waals surface area contributed by atoms with Gasteiger partial charge in [-0.15, -0.1) is 0 Å². The average Bonchev–Trinajstić information content (AvgIpc) is 3.60. The largest absolute Gasteiger partial charge is 0.444 e. The van der Waals surface area contributed by atoms with E-state index in [1.807, 2.05) is 26.8 Å². The summed E-state index contributed by atoms with van der Waals surface area (Å²) < 4.78 is 20.7. The average molecular weight is 511 g/mol. The van der Waals surface area contributed by atoms with Gasteiger partial charge in [-0.1, -0.05) is 6.07 Å². The number of ether oxygens (including phenoxy) is 1. The van der Waals surface area contributed by atoms with Gasteiger partial charge in [0.1, 0.15) is 11.4 Å². The summed E-state index contributed by atoms with van der Waals surface area (Å²) >= 11 is 0. The molecule has 1 aliphatic carbocycles. The van der Waals surface area contributed by atoms with Crippen molar-refractivity contribution in [3.63, 3.8) is 0 Å². The van der Waals surface area contributed by atoms with Gasteiger partial charge >= 0.3 is 6.09 Å². The van der Waals surface area contributed by atoms with E-state index in [0.29, 0.717) is 17.5 Å². The van der Waals surface area contributed by atoms with Gasteiger partial charge < -0.3 is 14.5 Å². The molecular weight excluding hydrogens is 471 g/mol. The number of carbonyl (C=O) groups is 2. The van der Waals surface area contributed by atoms with Crippen molar-refractivity contribution in [3.05, 3.63) is 29.6 Å². The summed E-state index contributed by atoms with van der Waals surface area (Å²) in [5.41, 5.74) is 0.690. The molecule has 0 spiro atoms. The van der Waals surface area contributed by atoms with Crippen LogP contribution in [0.15, 0.2) is 18.2 Å². The number of ketones is 1. The van der Waals surface area contributed by atoms with E-state index in [4.69, 9.17) is 4.74 Å². The van der Waals surface area contributed by atoms with Crippen LogP contribution in [0.25, 0.3) is 0 Å². The van der Waals surface area contributed by atoms with Crippen molar-refractivity contribution in [2.75, 3.05) is 31.6 Å². The number of fused-ring (bicyclic) bond motifs is 3. The molecule has 3 aliphatic heterocycles. The van der Waals surface area contributed by atoms with E-state index >= 15 is 4.39 Å². The Morgan fingerprint density at radius 2 is 1.97 bits per heavy atom. The topological polar surface area (TPSA) is 76.9 Å². The molecule has 6 atom stereocenters. The van der Waals surface area contributed by atoms with E-state index in [-0.39, 0.29) is 36.4 Å². The molecule has 0 N–H and O–H groups in total. The minimum atomic E-state index is -0.646. The Hall–Kier alpha value is -2.66. The Morgan fingerprint density at radius 3 is 2.65 bits per heavy atom. The Labute approximate surface area is 219 Å². The Bertz CT molecular complexity index is 1100. The quantitative estimate of drug-likeness (QED) is 0.565. The summed E-state index contributed by atoms with van der Waals surface area (Å²) in [4.78, 5) is 32.6. The highest BCUT2D eigenvalue weighted by Crippen LogP contribution is 2.44. The van der Waals surface area contributed by atoms with Gasteiger partial charge in [0.15, 0.2) is 5.78 Å². The third-order valence-electron chi connectivity index (χ3n) is 8.84. The van der Waals surface area contributed by atoms with Crippen molar-refractivity contribution in [1.82, 2.24) is 9.80 Å². The predicted octanol–water partition coefficient (Wildman–Crippen LogP) is 4.40. The van der Waals surface area contributed by atoms with Crippen LogP contribution in [0.4, 0.5) is 14.9 Å². The van der Waals surface area contributed by atoms with Crippen molar-refractivity contribution in [2.24, 2.45) is 17.8 Å². The Balaban J connectivity index is 1.23. The van der Waals surface area contributed by atoms with Crippen LogP contribution in [0.3, 0.4) is 0 Å². The van der Waals surface area contributed by atoms with E-state index in [1.165, 1.54) is 6.42 Å². The monoisotopic (exact) mass is 510 g/mol. The third-order valence-corrected chi connectivity index (χ3v) is 8.84. The maximum absolute atomic E-state index is 15.2. The Kier molecular flexibility index (Phi) is 6.95. The molecular formula is C29H39FN4O3. The minimum absolute atomic E-state index is 0.00664. The van der Waals surface area contributed by atoms with Gasteiger partial charge in [-0.3, -0.25) is 9.69 Å². The predicted molar refractivity (Wildman–Crippen MR) is 139 cm³/mol. The van der Waals surface area contributed by atoms with Gasteiger partial charge in [0.2, 0.25) is 0 Å². The standard InChI is InChI=1S/C29H39FN4O3/c1-29(2,3)37-28(36)34-23-8-6-20(13-23)27(34)26(35)12-18(15-31)11-19-5-7-22(14-24(19)30)33-16-21-9-10-32(4)25(21)17-33/h5,7,14,18,20-21,23,25,27H,6,8-13,16-17H2,1-4H3/t18-,20+,21?,23-,25?,27+/m1/s1. The molecule has 1 aromatic carbocycles. The molecule has 1 amide bonds. The van der Waals surface area contributed by atoms with Gasteiger partial charge in [-0.25, -0.2) is 9.18 Å². The smallest absolute Gasteiger partial charge is 0.411 e. The zero-order valence-electron chi connectivity index (χ0n) is 22.5. The molecule has 8 heteroatoms. The van der Waals surface area contributed by atoms with E-state index in [0.717, 1.165) is 44.6 Å². The van der Waals surface area contributed by atoms with Gasteiger partial charge in [0.25, 0.3) is 0 Å². The summed E-state index contributed by atoms with van der Waals surface area (Å²) in [5, 5.41) is 9.83. The van der Waals surface area contributed by atoms with Gasteiger partial charge in [-0.2, -0.15) is 5.26 Å². The second-order valence-corrected chi connectivity index (χ2v) is 12.5. The van der Waals surface area contributed by atoms with Crippen molar-refractivity contribution in [1.29, 1.82) is 5.26 Å². The number of rotatable bonds is 6. The number of likely N-dealkylation sites (tertiary alicyclic amines) is 2. The van der Waals surface area contributed by atoms with E-state index in [9.17, 15) is 14.9 Å². The van der Waals surface area contributed by atoms with Crippen LogP contribution in [0.1, 0.15) is 58.4 Å². The first-order chi connectivity index (χ1) is 17.5. The van der Waals surface area contributed by atoms with E-state index in [2.05, 4.69) is 22.9 Å². The van der Waals surface area contributed by atoms with Crippen LogP contribution >= 0.6 is 0 Å². The number of amides is 1. The van der Waals surface area contributed by atoms with E-state index in [1.54, 1.807) is 17.0 Å². The van der Waals surface area contributed by atoms with Crippen molar-refractivity contribution < 1.29 is 18.7 Å². The molecule has 1 saturated carbocycles.